The second-order valence-electron chi connectivity index (χ2n) is 6.40. The van der Waals surface area contributed by atoms with Crippen molar-refractivity contribution >= 4 is 23.6 Å². The highest BCUT2D eigenvalue weighted by Gasteiger charge is 2.25. The zero-order chi connectivity index (χ0) is 19.1. The van der Waals surface area contributed by atoms with Crippen LogP contribution in [0.25, 0.3) is 0 Å². The number of nitrogens with zero attached hydrogens (tertiary/aromatic N) is 1. The van der Waals surface area contributed by atoms with Crippen LogP contribution in [-0.4, -0.2) is 35.6 Å². The Bertz CT molecular complexity index is 742. The quantitative estimate of drug-likeness (QED) is 0.758. The van der Waals surface area contributed by atoms with Gasteiger partial charge < -0.3 is 10.2 Å². The van der Waals surface area contributed by atoms with Gasteiger partial charge in [0, 0.05) is 18.5 Å². The molecule has 2 aromatic rings. The number of amides is 2. The fourth-order valence-electron chi connectivity index (χ4n) is 2.54. The fraction of sp³-hybridized carbons (Fsp3) is 0.333. The Labute approximate surface area is 160 Å². The van der Waals surface area contributed by atoms with Crippen LogP contribution in [0.2, 0.25) is 0 Å². The fourth-order valence-corrected chi connectivity index (χ4v) is 3.33. The van der Waals surface area contributed by atoms with E-state index in [1.54, 1.807) is 18.9 Å². The number of benzene rings is 2. The van der Waals surface area contributed by atoms with Crippen LogP contribution in [-0.2, 0) is 16.1 Å². The molecule has 0 heterocycles. The third-order valence-electron chi connectivity index (χ3n) is 4.27. The van der Waals surface area contributed by atoms with Gasteiger partial charge in [0.25, 0.3) is 0 Å². The van der Waals surface area contributed by atoms with E-state index in [9.17, 15) is 9.59 Å². The second-order valence-corrected chi connectivity index (χ2v) is 7.45. The van der Waals surface area contributed by atoms with Gasteiger partial charge in [0.05, 0.1) is 5.75 Å². The molecule has 0 spiro atoms. The molecule has 2 aromatic carbocycles. The van der Waals surface area contributed by atoms with E-state index in [-0.39, 0.29) is 11.8 Å². The normalized spacial score (nSPS) is 11.7. The number of thioether (sulfide) groups is 1. The van der Waals surface area contributed by atoms with Gasteiger partial charge in [0.15, 0.2) is 0 Å². The molecule has 138 valence electrons. The lowest BCUT2D eigenvalue weighted by Crippen LogP contribution is -2.47. The Morgan fingerprint density at radius 2 is 1.54 bits per heavy atom. The number of nitrogens with one attached hydrogen (secondary N) is 1. The minimum absolute atomic E-state index is 0.0488. The number of carbonyl (C=O) groups excluding carboxylic acids is 2. The molecule has 0 aromatic heterocycles. The maximum atomic E-state index is 12.8. The molecule has 26 heavy (non-hydrogen) atoms. The number of carbonyl (C=O) groups is 2. The first-order chi connectivity index (χ1) is 12.4. The van der Waals surface area contributed by atoms with Gasteiger partial charge in [-0.2, -0.15) is 0 Å². The molecular formula is C21H26N2O2S. The Kier molecular flexibility index (Phi) is 7.27. The van der Waals surface area contributed by atoms with Crippen LogP contribution in [0.5, 0.6) is 0 Å². The zero-order valence-corrected chi connectivity index (χ0v) is 16.6. The Balaban J connectivity index is 2.10. The summed E-state index contributed by atoms with van der Waals surface area (Å²) in [7, 11) is 1.59. The van der Waals surface area contributed by atoms with Gasteiger partial charge in [-0.1, -0.05) is 47.5 Å². The largest absolute Gasteiger partial charge is 0.357 e. The second kappa shape index (κ2) is 9.43. The number of aryl methyl sites for hydroxylation is 2. The third kappa shape index (κ3) is 5.63. The van der Waals surface area contributed by atoms with Gasteiger partial charge in [-0.25, -0.2) is 0 Å². The van der Waals surface area contributed by atoms with Gasteiger partial charge in [-0.05, 0) is 38.5 Å². The van der Waals surface area contributed by atoms with E-state index in [0.717, 1.165) is 10.5 Å². The first-order valence-electron chi connectivity index (χ1n) is 8.66. The monoisotopic (exact) mass is 370 g/mol. The smallest absolute Gasteiger partial charge is 0.242 e. The van der Waals surface area contributed by atoms with Crippen molar-refractivity contribution in [3.63, 3.8) is 0 Å². The molecule has 0 fully saturated rings. The SMILES string of the molecule is CNC(=O)[C@H](C)N(Cc1ccc(C)cc1)C(=O)CSc1ccc(C)cc1. The third-order valence-corrected chi connectivity index (χ3v) is 5.27. The predicted molar refractivity (Wildman–Crippen MR) is 107 cm³/mol. The van der Waals surface area contributed by atoms with Gasteiger partial charge >= 0.3 is 0 Å². The first kappa shape index (κ1) is 20.0. The molecule has 2 amide bonds. The van der Waals surface area contributed by atoms with E-state index >= 15 is 0 Å². The summed E-state index contributed by atoms with van der Waals surface area (Å²) in [6, 6.07) is 15.6. The summed E-state index contributed by atoms with van der Waals surface area (Å²) in [5.74, 6) is 0.0917. The Hall–Kier alpha value is -2.27. The lowest BCUT2D eigenvalue weighted by Gasteiger charge is -2.28. The predicted octanol–water partition coefficient (Wildman–Crippen LogP) is 3.56. The van der Waals surface area contributed by atoms with Crippen LogP contribution in [0, 0.1) is 13.8 Å². The van der Waals surface area contributed by atoms with Crippen molar-refractivity contribution in [1.29, 1.82) is 0 Å². The molecule has 0 saturated heterocycles. The van der Waals surface area contributed by atoms with Crippen molar-refractivity contribution < 1.29 is 9.59 Å². The van der Waals surface area contributed by atoms with E-state index in [0.29, 0.717) is 12.3 Å². The van der Waals surface area contributed by atoms with E-state index in [4.69, 9.17) is 0 Å². The average molecular weight is 371 g/mol. The standard InChI is InChI=1S/C21H26N2O2S/c1-15-5-9-18(10-6-15)13-23(17(3)21(25)22-4)20(24)14-26-19-11-7-16(2)8-12-19/h5-12,17H,13-14H2,1-4H3,(H,22,25)/t17-/m0/s1. The topological polar surface area (TPSA) is 49.4 Å². The molecule has 1 atom stereocenters. The molecule has 0 radical (unpaired) electrons. The highest BCUT2D eigenvalue weighted by molar-refractivity contribution is 8.00. The lowest BCUT2D eigenvalue weighted by atomic mass is 10.1. The number of rotatable bonds is 7. The van der Waals surface area contributed by atoms with Gasteiger partial charge in [-0.15, -0.1) is 11.8 Å². The zero-order valence-electron chi connectivity index (χ0n) is 15.8. The van der Waals surface area contributed by atoms with Gasteiger partial charge in [0.2, 0.25) is 11.8 Å². The van der Waals surface area contributed by atoms with E-state index < -0.39 is 6.04 Å². The van der Waals surface area contributed by atoms with Crippen molar-refractivity contribution in [2.75, 3.05) is 12.8 Å². The van der Waals surface area contributed by atoms with E-state index in [2.05, 4.69) is 5.32 Å². The summed E-state index contributed by atoms with van der Waals surface area (Å²) < 4.78 is 0. The highest BCUT2D eigenvalue weighted by Crippen LogP contribution is 2.20. The summed E-state index contributed by atoms with van der Waals surface area (Å²) in [5, 5.41) is 2.64. The lowest BCUT2D eigenvalue weighted by molar-refractivity contribution is -0.138. The van der Waals surface area contributed by atoms with Crippen LogP contribution in [0.4, 0.5) is 0 Å². The maximum Gasteiger partial charge on any atom is 0.242 e. The minimum atomic E-state index is -0.521. The average Bonchev–Trinajstić information content (AvgIpc) is 2.65. The van der Waals surface area contributed by atoms with Crippen molar-refractivity contribution in [3.05, 3.63) is 65.2 Å². The van der Waals surface area contributed by atoms with Crippen LogP contribution in [0.1, 0.15) is 23.6 Å². The molecule has 0 aliphatic heterocycles. The van der Waals surface area contributed by atoms with Gasteiger partial charge in [-0.3, -0.25) is 9.59 Å². The van der Waals surface area contributed by atoms with Crippen LogP contribution in [0.15, 0.2) is 53.4 Å². The van der Waals surface area contributed by atoms with Crippen LogP contribution < -0.4 is 5.32 Å². The molecule has 1 N–H and O–H groups in total. The molecule has 2 rings (SSSR count). The number of likely N-dealkylation sites (N-methyl/N-ethyl adjacent to an activating group) is 1. The first-order valence-corrected chi connectivity index (χ1v) is 9.65. The van der Waals surface area contributed by atoms with Crippen molar-refractivity contribution in [1.82, 2.24) is 10.2 Å². The molecular weight excluding hydrogens is 344 g/mol. The van der Waals surface area contributed by atoms with Crippen LogP contribution >= 0.6 is 11.8 Å². The summed E-state index contributed by atoms with van der Waals surface area (Å²) >= 11 is 1.49. The van der Waals surface area contributed by atoms with Crippen molar-refractivity contribution in [2.45, 2.75) is 38.3 Å². The maximum absolute atomic E-state index is 12.8. The molecule has 4 nitrogen and oxygen atoms in total. The molecule has 0 aliphatic rings. The van der Waals surface area contributed by atoms with Crippen molar-refractivity contribution in [3.8, 4) is 0 Å². The summed E-state index contributed by atoms with van der Waals surface area (Å²) in [5.41, 5.74) is 3.37. The summed E-state index contributed by atoms with van der Waals surface area (Å²) in [6.07, 6.45) is 0. The molecule has 5 heteroatoms. The summed E-state index contributed by atoms with van der Waals surface area (Å²) in [4.78, 5) is 27.6. The summed E-state index contributed by atoms with van der Waals surface area (Å²) in [6.45, 7) is 6.25. The van der Waals surface area contributed by atoms with E-state index in [1.165, 1.54) is 22.9 Å². The molecule has 0 bridgehead atoms. The van der Waals surface area contributed by atoms with Crippen molar-refractivity contribution in [2.24, 2.45) is 0 Å². The Morgan fingerprint density at radius 1 is 1.00 bits per heavy atom. The highest BCUT2D eigenvalue weighted by atomic mass is 32.2. The molecule has 0 unspecified atom stereocenters. The minimum Gasteiger partial charge on any atom is -0.357 e. The van der Waals surface area contributed by atoms with Gasteiger partial charge in [0.1, 0.15) is 6.04 Å². The molecule has 0 aliphatic carbocycles. The molecule has 0 saturated carbocycles. The van der Waals surface area contributed by atoms with Crippen LogP contribution in [0.3, 0.4) is 0 Å². The number of hydrogen-bond acceptors (Lipinski definition) is 3. The van der Waals surface area contributed by atoms with E-state index in [1.807, 2.05) is 62.4 Å². The number of hydrogen-bond donors (Lipinski definition) is 1. The Morgan fingerprint density at radius 3 is 2.08 bits per heavy atom.